The van der Waals surface area contributed by atoms with E-state index < -0.39 is 0 Å². The highest BCUT2D eigenvalue weighted by Gasteiger charge is 2.10. The van der Waals surface area contributed by atoms with Crippen molar-refractivity contribution in [3.05, 3.63) is 52.8 Å². The van der Waals surface area contributed by atoms with Gasteiger partial charge in [-0.25, -0.2) is 4.98 Å². The number of hydrogen-bond acceptors (Lipinski definition) is 3. The topological polar surface area (TPSA) is 28.2 Å². The van der Waals surface area contributed by atoms with Gasteiger partial charge in [0.05, 0.1) is 5.69 Å². The molecule has 106 valence electrons. The molecule has 2 rings (SSSR count). The van der Waals surface area contributed by atoms with E-state index in [0.717, 1.165) is 11.3 Å². The van der Waals surface area contributed by atoms with Crippen LogP contribution in [-0.2, 0) is 0 Å². The van der Waals surface area contributed by atoms with E-state index in [1.807, 2.05) is 27.1 Å². The van der Waals surface area contributed by atoms with E-state index in [1.165, 1.54) is 11.3 Å². The van der Waals surface area contributed by atoms with Crippen LogP contribution in [-0.4, -0.2) is 19.1 Å². The minimum Gasteiger partial charge on any atom is -0.378 e. The minimum absolute atomic E-state index is 0.173. The van der Waals surface area contributed by atoms with Gasteiger partial charge in [-0.05, 0) is 43.2 Å². The van der Waals surface area contributed by atoms with Gasteiger partial charge in [0.2, 0.25) is 0 Å². The van der Waals surface area contributed by atoms with Gasteiger partial charge in [0.15, 0.2) is 5.15 Å². The molecule has 4 heteroatoms. The molecule has 0 bridgehead atoms. The normalized spacial score (nSPS) is 12.1. The van der Waals surface area contributed by atoms with Gasteiger partial charge in [-0.3, -0.25) is 0 Å². The van der Waals surface area contributed by atoms with E-state index in [0.29, 0.717) is 5.15 Å². The number of nitrogens with one attached hydrogen (secondary N) is 1. The van der Waals surface area contributed by atoms with Crippen molar-refractivity contribution >= 4 is 23.0 Å². The lowest BCUT2D eigenvalue weighted by Crippen LogP contribution is -2.11. The fourth-order valence-corrected chi connectivity index (χ4v) is 2.32. The molecule has 0 radical (unpaired) electrons. The molecular formula is C16H20ClN3. The maximum absolute atomic E-state index is 6.15. The van der Waals surface area contributed by atoms with E-state index in [2.05, 4.69) is 46.4 Å². The minimum atomic E-state index is 0.173. The molecule has 0 saturated carbocycles. The maximum atomic E-state index is 6.15. The zero-order valence-corrected chi connectivity index (χ0v) is 13.1. The van der Waals surface area contributed by atoms with Gasteiger partial charge in [0, 0.05) is 32.0 Å². The monoisotopic (exact) mass is 289 g/mol. The number of anilines is 2. The third-order valence-electron chi connectivity index (χ3n) is 3.38. The quantitative estimate of drug-likeness (QED) is 0.852. The van der Waals surface area contributed by atoms with Crippen LogP contribution in [0.5, 0.6) is 0 Å². The second-order valence-electron chi connectivity index (χ2n) is 5.15. The molecule has 0 saturated heterocycles. The number of halogens is 1. The number of benzene rings is 1. The molecule has 0 spiro atoms. The van der Waals surface area contributed by atoms with Crippen molar-refractivity contribution in [3.8, 4) is 0 Å². The number of aryl methyl sites for hydroxylation is 1. The van der Waals surface area contributed by atoms with Crippen LogP contribution in [0.25, 0.3) is 0 Å². The summed E-state index contributed by atoms with van der Waals surface area (Å²) in [4.78, 5) is 6.21. The fraction of sp³-hybridized carbons (Fsp3) is 0.312. The summed E-state index contributed by atoms with van der Waals surface area (Å²) in [5.41, 5.74) is 4.41. The largest absolute Gasteiger partial charge is 0.378 e. The molecule has 0 aliphatic rings. The van der Waals surface area contributed by atoms with Crippen LogP contribution < -0.4 is 10.2 Å². The summed E-state index contributed by atoms with van der Waals surface area (Å²) in [5.74, 6) is 0. The van der Waals surface area contributed by atoms with E-state index in [9.17, 15) is 0 Å². The Morgan fingerprint density at radius 2 is 1.80 bits per heavy atom. The second kappa shape index (κ2) is 6.14. The van der Waals surface area contributed by atoms with Gasteiger partial charge in [-0.1, -0.05) is 23.7 Å². The summed E-state index contributed by atoms with van der Waals surface area (Å²) in [5, 5.41) is 3.95. The predicted molar refractivity (Wildman–Crippen MR) is 86.8 cm³/mol. The Morgan fingerprint density at radius 1 is 1.15 bits per heavy atom. The summed E-state index contributed by atoms with van der Waals surface area (Å²) in [6.07, 6.45) is 1.72. The van der Waals surface area contributed by atoms with Gasteiger partial charge < -0.3 is 10.2 Å². The highest BCUT2D eigenvalue weighted by molar-refractivity contribution is 6.32. The highest BCUT2D eigenvalue weighted by atomic mass is 35.5. The molecule has 20 heavy (non-hydrogen) atoms. The van der Waals surface area contributed by atoms with E-state index >= 15 is 0 Å². The van der Waals surface area contributed by atoms with Crippen LogP contribution in [0.15, 0.2) is 36.5 Å². The third-order valence-corrected chi connectivity index (χ3v) is 3.67. The SMILES string of the molecule is Cc1ccnc(Cl)c1NC(C)c1ccc(N(C)C)cc1. The van der Waals surface area contributed by atoms with Crippen molar-refractivity contribution in [1.82, 2.24) is 4.98 Å². The van der Waals surface area contributed by atoms with E-state index in [4.69, 9.17) is 11.6 Å². The molecule has 1 N–H and O–H groups in total. The van der Waals surface area contributed by atoms with Crippen molar-refractivity contribution < 1.29 is 0 Å². The lowest BCUT2D eigenvalue weighted by molar-refractivity contribution is 0.880. The summed E-state index contributed by atoms with van der Waals surface area (Å²) in [7, 11) is 4.07. The Bertz CT molecular complexity index is 559. The fourth-order valence-electron chi connectivity index (χ4n) is 2.06. The molecule has 1 unspecified atom stereocenters. The Hall–Kier alpha value is -1.74. The van der Waals surface area contributed by atoms with Gasteiger partial charge in [-0.15, -0.1) is 0 Å². The first-order chi connectivity index (χ1) is 9.49. The average molecular weight is 290 g/mol. The van der Waals surface area contributed by atoms with Gasteiger partial charge in [0.25, 0.3) is 0 Å². The van der Waals surface area contributed by atoms with Crippen LogP contribution in [0.1, 0.15) is 24.1 Å². The number of nitrogens with zero attached hydrogens (tertiary/aromatic N) is 2. The molecule has 1 aromatic heterocycles. The number of rotatable bonds is 4. The first-order valence-electron chi connectivity index (χ1n) is 6.64. The molecule has 1 heterocycles. The van der Waals surface area contributed by atoms with Crippen molar-refractivity contribution in [2.24, 2.45) is 0 Å². The zero-order chi connectivity index (χ0) is 14.7. The highest BCUT2D eigenvalue weighted by Crippen LogP contribution is 2.28. The Labute approximate surface area is 125 Å². The lowest BCUT2D eigenvalue weighted by Gasteiger charge is -2.19. The molecule has 2 aromatic rings. The molecular weight excluding hydrogens is 270 g/mol. The molecule has 1 atom stereocenters. The van der Waals surface area contributed by atoms with Crippen LogP contribution in [0, 0.1) is 6.92 Å². The molecule has 1 aromatic carbocycles. The van der Waals surface area contributed by atoms with E-state index in [1.54, 1.807) is 6.20 Å². The van der Waals surface area contributed by atoms with Crippen LogP contribution in [0.3, 0.4) is 0 Å². The summed E-state index contributed by atoms with van der Waals surface area (Å²) in [6, 6.07) is 10.6. The smallest absolute Gasteiger partial charge is 0.152 e. The van der Waals surface area contributed by atoms with Crippen LogP contribution >= 0.6 is 11.6 Å². The van der Waals surface area contributed by atoms with Crippen molar-refractivity contribution in [1.29, 1.82) is 0 Å². The third kappa shape index (κ3) is 3.23. The Balaban J connectivity index is 2.17. The molecule has 0 amide bonds. The zero-order valence-electron chi connectivity index (χ0n) is 12.3. The van der Waals surface area contributed by atoms with Crippen LogP contribution in [0.4, 0.5) is 11.4 Å². The van der Waals surface area contributed by atoms with Gasteiger partial charge >= 0.3 is 0 Å². The second-order valence-corrected chi connectivity index (χ2v) is 5.50. The molecule has 0 aliphatic carbocycles. The first kappa shape index (κ1) is 14.7. The number of hydrogen-bond donors (Lipinski definition) is 1. The van der Waals surface area contributed by atoms with Gasteiger partial charge in [-0.2, -0.15) is 0 Å². The molecule has 0 aliphatic heterocycles. The Morgan fingerprint density at radius 3 is 2.35 bits per heavy atom. The van der Waals surface area contributed by atoms with E-state index in [-0.39, 0.29) is 6.04 Å². The first-order valence-corrected chi connectivity index (χ1v) is 7.01. The van der Waals surface area contributed by atoms with Crippen LogP contribution in [0.2, 0.25) is 5.15 Å². The van der Waals surface area contributed by atoms with Crippen molar-refractivity contribution in [2.75, 3.05) is 24.3 Å². The molecule has 3 nitrogen and oxygen atoms in total. The Kier molecular flexibility index (Phi) is 4.50. The maximum Gasteiger partial charge on any atom is 0.152 e. The average Bonchev–Trinajstić information content (AvgIpc) is 2.43. The lowest BCUT2D eigenvalue weighted by atomic mass is 10.1. The standard InChI is InChI=1S/C16H20ClN3/c1-11-9-10-18-16(17)15(11)19-12(2)13-5-7-14(8-6-13)20(3)4/h5-10,12,19H,1-4H3. The van der Waals surface area contributed by atoms with Crippen molar-refractivity contribution in [3.63, 3.8) is 0 Å². The molecule has 0 fully saturated rings. The number of pyridine rings is 1. The summed E-state index contributed by atoms with van der Waals surface area (Å²) >= 11 is 6.15. The van der Waals surface area contributed by atoms with Gasteiger partial charge in [0.1, 0.15) is 0 Å². The van der Waals surface area contributed by atoms with Crippen molar-refractivity contribution in [2.45, 2.75) is 19.9 Å². The summed E-state index contributed by atoms with van der Waals surface area (Å²) < 4.78 is 0. The predicted octanol–water partition coefficient (Wildman–Crippen LogP) is 4.28. The number of aromatic nitrogens is 1. The summed E-state index contributed by atoms with van der Waals surface area (Å²) in [6.45, 7) is 4.14.